The molecule has 3 aliphatic rings. The number of fused-ring (bicyclic) bond motifs is 2. The largest absolute Gasteiger partial charge is 0.497 e. The first-order valence-electron chi connectivity index (χ1n) is 11.4. The second-order valence-electron chi connectivity index (χ2n) is 9.48. The van der Waals surface area contributed by atoms with Crippen LogP contribution in [0, 0.1) is 5.92 Å². The van der Waals surface area contributed by atoms with Gasteiger partial charge in [-0.3, -0.25) is 23.7 Å². The zero-order valence-corrected chi connectivity index (χ0v) is 21.0. The van der Waals surface area contributed by atoms with Crippen LogP contribution in [0.25, 0.3) is 0 Å². The summed E-state index contributed by atoms with van der Waals surface area (Å²) in [6.45, 7) is 5.23. The number of ether oxygens (including phenoxy) is 1. The van der Waals surface area contributed by atoms with E-state index in [0.29, 0.717) is 29.6 Å². The maximum Gasteiger partial charge on any atom is 0.308 e. The molecule has 4 heterocycles. The highest BCUT2D eigenvalue weighted by molar-refractivity contribution is 8.00. The van der Waals surface area contributed by atoms with Crippen LogP contribution in [0.1, 0.15) is 38.0 Å². The summed E-state index contributed by atoms with van der Waals surface area (Å²) >= 11 is 2.33. The number of nitrogens with zero attached hydrogens (tertiary/aromatic N) is 3. The molecule has 1 aromatic heterocycles. The van der Waals surface area contributed by atoms with E-state index in [9.17, 15) is 19.2 Å². The van der Waals surface area contributed by atoms with Gasteiger partial charge < -0.3 is 9.64 Å². The van der Waals surface area contributed by atoms with Crippen molar-refractivity contribution in [2.75, 3.05) is 25.1 Å². The van der Waals surface area contributed by atoms with Crippen LogP contribution in [-0.4, -0.2) is 52.6 Å². The van der Waals surface area contributed by atoms with E-state index in [1.165, 1.54) is 21.2 Å². The molecular weight excluding hydrogens is 474 g/mol. The molecular formula is C24H27N3O5S2. The number of anilines is 1. The molecule has 2 saturated heterocycles. The molecule has 8 nitrogen and oxygen atoms in total. The quantitative estimate of drug-likeness (QED) is 0.599. The van der Waals surface area contributed by atoms with Gasteiger partial charge in [0.1, 0.15) is 17.5 Å². The molecule has 180 valence electrons. The lowest BCUT2D eigenvalue weighted by molar-refractivity contribution is -0.133. The lowest BCUT2D eigenvalue weighted by Crippen LogP contribution is -2.42. The lowest BCUT2D eigenvalue weighted by Gasteiger charge is -2.36. The maximum absolute atomic E-state index is 13.5. The average Bonchev–Trinajstić information content (AvgIpc) is 3.28. The number of amides is 3. The Morgan fingerprint density at radius 3 is 2.38 bits per heavy atom. The van der Waals surface area contributed by atoms with E-state index in [2.05, 4.69) is 0 Å². The Labute approximate surface area is 205 Å². The van der Waals surface area contributed by atoms with Crippen molar-refractivity contribution >= 4 is 46.5 Å². The monoisotopic (exact) mass is 501 g/mol. The van der Waals surface area contributed by atoms with Crippen molar-refractivity contribution in [3.8, 4) is 5.75 Å². The van der Waals surface area contributed by atoms with Crippen LogP contribution in [-0.2, 0) is 26.3 Å². The summed E-state index contributed by atoms with van der Waals surface area (Å²) < 4.78 is 6.70. The van der Waals surface area contributed by atoms with E-state index < -0.39 is 16.6 Å². The van der Waals surface area contributed by atoms with Crippen molar-refractivity contribution in [3.05, 3.63) is 38.8 Å². The second-order valence-corrected chi connectivity index (χ2v) is 11.6. The molecule has 3 amide bonds. The van der Waals surface area contributed by atoms with Crippen molar-refractivity contribution in [1.29, 1.82) is 0 Å². The number of likely N-dealkylation sites (tertiary alicyclic amines) is 1. The van der Waals surface area contributed by atoms with Gasteiger partial charge in [0.2, 0.25) is 17.7 Å². The van der Waals surface area contributed by atoms with Gasteiger partial charge in [0.05, 0.1) is 23.7 Å². The fourth-order valence-electron chi connectivity index (χ4n) is 5.13. The van der Waals surface area contributed by atoms with Gasteiger partial charge in [0, 0.05) is 23.4 Å². The smallest absolute Gasteiger partial charge is 0.308 e. The highest BCUT2D eigenvalue weighted by Crippen LogP contribution is 2.54. The van der Waals surface area contributed by atoms with Crippen molar-refractivity contribution < 1.29 is 19.1 Å². The summed E-state index contributed by atoms with van der Waals surface area (Å²) in [4.78, 5) is 56.5. The molecule has 0 spiro atoms. The number of methoxy groups -OCH3 is 1. The van der Waals surface area contributed by atoms with Crippen LogP contribution in [0.15, 0.2) is 34.1 Å². The van der Waals surface area contributed by atoms with E-state index >= 15 is 0 Å². The number of thioether (sulfide) groups is 1. The van der Waals surface area contributed by atoms with E-state index in [0.717, 1.165) is 35.5 Å². The molecule has 1 aromatic carbocycles. The van der Waals surface area contributed by atoms with E-state index in [1.807, 2.05) is 18.7 Å². The summed E-state index contributed by atoms with van der Waals surface area (Å²) in [5, 5.41) is -0.00761. The minimum absolute atomic E-state index is 0.0323. The fourth-order valence-corrected chi connectivity index (χ4v) is 8.17. The SMILES string of the molecule is COc1ccc(N2C(=O)[C@H]3Sc4c(sc(=O)n4CC(=O)N4CCCCC4)C(C)(C)[C@H]3C2=O)cc1. The number of piperidine rings is 1. The minimum Gasteiger partial charge on any atom is -0.497 e. The van der Waals surface area contributed by atoms with Crippen LogP contribution < -0.4 is 14.5 Å². The van der Waals surface area contributed by atoms with Crippen molar-refractivity contribution in [3.63, 3.8) is 0 Å². The van der Waals surface area contributed by atoms with E-state index in [-0.39, 0.29) is 29.1 Å². The molecule has 5 rings (SSSR count). The van der Waals surface area contributed by atoms with Crippen LogP contribution >= 0.6 is 23.1 Å². The summed E-state index contributed by atoms with van der Waals surface area (Å²) in [6, 6.07) is 6.84. The van der Waals surface area contributed by atoms with Gasteiger partial charge in [-0.1, -0.05) is 36.9 Å². The number of aromatic nitrogens is 1. The predicted octanol–water partition coefficient (Wildman–Crippen LogP) is 2.87. The lowest BCUT2D eigenvalue weighted by atomic mass is 9.76. The summed E-state index contributed by atoms with van der Waals surface area (Å²) in [5.41, 5.74) is -0.217. The van der Waals surface area contributed by atoms with E-state index in [1.54, 1.807) is 31.4 Å². The zero-order valence-electron chi connectivity index (χ0n) is 19.4. The Morgan fingerprint density at radius 2 is 1.74 bits per heavy atom. The van der Waals surface area contributed by atoms with E-state index in [4.69, 9.17) is 4.74 Å². The third-order valence-electron chi connectivity index (χ3n) is 7.04. The number of thiazole rings is 1. The third-order valence-corrected chi connectivity index (χ3v) is 9.86. The Kier molecular flexibility index (Phi) is 5.84. The van der Waals surface area contributed by atoms with Gasteiger partial charge in [0.15, 0.2) is 0 Å². The average molecular weight is 502 g/mol. The Balaban J connectivity index is 1.48. The van der Waals surface area contributed by atoms with Crippen LogP contribution in [0.3, 0.4) is 0 Å². The normalized spacial score (nSPS) is 23.6. The maximum atomic E-state index is 13.5. The third kappa shape index (κ3) is 3.58. The highest BCUT2D eigenvalue weighted by atomic mass is 32.2. The number of hydrogen-bond donors (Lipinski definition) is 0. The zero-order chi connectivity index (χ0) is 24.2. The molecule has 0 radical (unpaired) electrons. The number of hydrogen-bond acceptors (Lipinski definition) is 7. The minimum atomic E-state index is -0.720. The summed E-state index contributed by atoms with van der Waals surface area (Å²) in [7, 11) is 1.56. The first-order valence-corrected chi connectivity index (χ1v) is 13.1. The number of carbonyl (C=O) groups is 3. The number of rotatable bonds is 4. The molecule has 0 bridgehead atoms. The first-order chi connectivity index (χ1) is 16.2. The molecule has 2 atom stereocenters. The number of benzene rings is 1. The van der Waals surface area contributed by atoms with Gasteiger partial charge >= 0.3 is 4.87 Å². The standard InChI is InChI=1S/C24H27N3O5S2/c1-24(2)17-18(21(30)27(20(17)29)14-7-9-15(32-3)10-8-14)33-22-19(24)34-23(31)26(22)13-16(28)25-11-5-4-6-12-25/h7-10,17-18H,4-6,11-13H2,1-3H3/t17-,18+/m1/s1. The number of carbonyl (C=O) groups excluding carboxylic acids is 3. The molecule has 0 aliphatic carbocycles. The van der Waals surface area contributed by atoms with Crippen LogP contribution in [0.4, 0.5) is 5.69 Å². The molecule has 0 N–H and O–H groups in total. The number of imide groups is 1. The van der Waals surface area contributed by atoms with Crippen LogP contribution in [0.2, 0.25) is 0 Å². The van der Waals surface area contributed by atoms with Crippen molar-refractivity contribution in [1.82, 2.24) is 9.47 Å². The van der Waals surface area contributed by atoms with Gasteiger partial charge in [-0.25, -0.2) is 4.90 Å². The molecule has 10 heteroatoms. The topological polar surface area (TPSA) is 88.9 Å². The van der Waals surface area contributed by atoms with Gasteiger partial charge in [-0.2, -0.15) is 0 Å². The Bertz CT molecular complexity index is 1210. The fraction of sp³-hybridized carbons (Fsp3) is 0.500. The highest BCUT2D eigenvalue weighted by Gasteiger charge is 2.59. The Hall–Kier alpha value is -2.59. The molecule has 0 unspecified atom stereocenters. The summed E-state index contributed by atoms with van der Waals surface area (Å²) in [5.74, 6) is -0.586. The van der Waals surface area contributed by atoms with Crippen molar-refractivity contribution in [2.24, 2.45) is 5.92 Å². The molecule has 34 heavy (non-hydrogen) atoms. The predicted molar refractivity (Wildman–Crippen MR) is 131 cm³/mol. The van der Waals surface area contributed by atoms with Gasteiger partial charge in [0.25, 0.3) is 0 Å². The molecule has 3 aliphatic heterocycles. The van der Waals surface area contributed by atoms with Gasteiger partial charge in [-0.05, 0) is 43.5 Å². The molecule has 2 aromatic rings. The van der Waals surface area contributed by atoms with Crippen LogP contribution in [0.5, 0.6) is 5.75 Å². The Morgan fingerprint density at radius 1 is 1.06 bits per heavy atom. The second kappa shape index (κ2) is 8.57. The summed E-state index contributed by atoms with van der Waals surface area (Å²) in [6.07, 6.45) is 3.07. The first kappa shape index (κ1) is 23.2. The molecule has 0 saturated carbocycles. The van der Waals surface area contributed by atoms with Gasteiger partial charge in [-0.15, -0.1) is 0 Å². The molecule has 2 fully saturated rings. The van der Waals surface area contributed by atoms with Crippen molar-refractivity contribution in [2.45, 2.75) is 55.3 Å².